The van der Waals surface area contributed by atoms with E-state index in [0.29, 0.717) is 10.9 Å². The van der Waals surface area contributed by atoms with Crippen LogP contribution in [0.25, 0.3) is 10.8 Å². The molecule has 3 rings (SSSR count). The Morgan fingerprint density at radius 2 is 1.86 bits per heavy atom. The number of hydrogen-bond acceptors (Lipinski definition) is 5. The van der Waals surface area contributed by atoms with Crippen molar-refractivity contribution >= 4 is 32.7 Å². The topological polar surface area (TPSA) is 65.0 Å². The molecule has 0 bridgehead atoms. The summed E-state index contributed by atoms with van der Waals surface area (Å²) in [5, 5.41) is 12.5. The van der Waals surface area contributed by atoms with Crippen molar-refractivity contribution in [2.75, 3.05) is 13.7 Å². The number of phenols is 1. The number of rotatable bonds is 7. The Morgan fingerprint density at radius 1 is 1.14 bits per heavy atom. The van der Waals surface area contributed by atoms with E-state index in [1.54, 1.807) is 14.0 Å². The Hall–Kier alpha value is -2.57. The fraction of sp³-hybridized carbons (Fsp3) is 0.261. The predicted molar refractivity (Wildman–Crippen MR) is 115 cm³/mol. The second kappa shape index (κ2) is 9.29. The van der Waals surface area contributed by atoms with Crippen LogP contribution in [0.4, 0.5) is 0 Å². The molecule has 6 heteroatoms. The Bertz CT molecular complexity index is 1010. The number of ether oxygens (including phenoxy) is 3. The first-order valence-electron chi connectivity index (χ1n) is 9.27. The fourth-order valence-corrected chi connectivity index (χ4v) is 3.58. The van der Waals surface area contributed by atoms with E-state index in [9.17, 15) is 9.90 Å². The van der Waals surface area contributed by atoms with Gasteiger partial charge in [0.2, 0.25) is 0 Å². The standard InChI is InChI=1S/C23H23BrO5/c1-4-28-23(26)22(29-13-15-5-9-18(27-3)10-6-15)20-14(2)11-16-7-8-17(24)12-19(16)21(20)25/h5-12,22,25H,4,13H2,1-3H3. The molecule has 0 aliphatic rings. The molecule has 0 spiro atoms. The van der Waals surface area contributed by atoms with Crippen LogP contribution < -0.4 is 4.74 Å². The lowest BCUT2D eigenvalue weighted by atomic mass is 9.96. The molecule has 29 heavy (non-hydrogen) atoms. The van der Waals surface area contributed by atoms with Gasteiger partial charge in [0.1, 0.15) is 11.5 Å². The largest absolute Gasteiger partial charge is 0.507 e. The van der Waals surface area contributed by atoms with Gasteiger partial charge in [-0.05, 0) is 54.6 Å². The van der Waals surface area contributed by atoms with Crippen molar-refractivity contribution in [2.24, 2.45) is 0 Å². The van der Waals surface area contributed by atoms with Gasteiger partial charge < -0.3 is 19.3 Å². The van der Waals surface area contributed by atoms with E-state index in [-0.39, 0.29) is 19.0 Å². The maximum absolute atomic E-state index is 12.7. The lowest BCUT2D eigenvalue weighted by Gasteiger charge is -2.21. The van der Waals surface area contributed by atoms with Gasteiger partial charge in [0.15, 0.2) is 6.10 Å². The van der Waals surface area contributed by atoms with Crippen LogP contribution >= 0.6 is 15.9 Å². The van der Waals surface area contributed by atoms with E-state index in [4.69, 9.17) is 14.2 Å². The molecule has 0 radical (unpaired) electrons. The summed E-state index contributed by atoms with van der Waals surface area (Å²) in [6.45, 7) is 3.99. The van der Waals surface area contributed by atoms with Gasteiger partial charge in [-0.1, -0.05) is 40.2 Å². The van der Waals surface area contributed by atoms with Gasteiger partial charge in [-0.2, -0.15) is 0 Å². The summed E-state index contributed by atoms with van der Waals surface area (Å²) >= 11 is 3.43. The molecule has 5 nitrogen and oxygen atoms in total. The lowest BCUT2D eigenvalue weighted by Crippen LogP contribution is -2.20. The smallest absolute Gasteiger partial charge is 0.340 e. The molecule has 3 aromatic carbocycles. The molecule has 0 amide bonds. The SMILES string of the molecule is CCOC(=O)C(OCc1ccc(OC)cc1)c1c(C)cc2ccc(Br)cc2c1O. The monoisotopic (exact) mass is 458 g/mol. The van der Waals surface area contributed by atoms with Gasteiger partial charge in [0.25, 0.3) is 0 Å². The number of carbonyl (C=O) groups excluding carboxylic acids is 1. The summed E-state index contributed by atoms with van der Waals surface area (Å²) < 4.78 is 17.2. The number of hydrogen-bond donors (Lipinski definition) is 1. The minimum atomic E-state index is -1.04. The summed E-state index contributed by atoms with van der Waals surface area (Å²) in [5.74, 6) is 0.229. The van der Waals surface area contributed by atoms with Crippen LogP contribution in [-0.4, -0.2) is 24.8 Å². The van der Waals surface area contributed by atoms with E-state index in [2.05, 4.69) is 15.9 Å². The molecular weight excluding hydrogens is 436 g/mol. The minimum Gasteiger partial charge on any atom is -0.507 e. The average Bonchev–Trinajstić information content (AvgIpc) is 2.71. The summed E-state index contributed by atoms with van der Waals surface area (Å²) in [5.41, 5.74) is 2.05. The summed E-state index contributed by atoms with van der Waals surface area (Å²) in [7, 11) is 1.60. The van der Waals surface area contributed by atoms with Crippen LogP contribution in [0.5, 0.6) is 11.5 Å². The number of halogens is 1. The van der Waals surface area contributed by atoms with Crippen LogP contribution in [0.3, 0.4) is 0 Å². The number of benzene rings is 3. The van der Waals surface area contributed by atoms with Crippen LogP contribution in [0.15, 0.2) is 53.0 Å². The maximum atomic E-state index is 12.7. The fourth-order valence-electron chi connectivity index (χ4n) is 3.22. The molecule has 0 saturated heterocycles. The van der Waals surface area contributed by atoms with Gasteiger partial charge in [-0.3, -0.25) is 0 Å². The first-order valence-corrected chi connectivity index (χ1v) is 10.1. The van der Waals surface area contributed by atoms with Crippen LogP contribution in [0.2, 0.25) is 0 Å². The highest BCUT2D eigenvalue weighted by Gasteiger charge is 2.29. The zero-order chi connectivity index (χ0) is 21.0. The number of fused-ring (bicyclic) bond motifs is 1. The first kappa shape index (κ1) is 21.1. The summed E-state index contributed by atoms with van der Waals surface area (Å²) in [6, 6.07) is 15.0. The number of esters is 1. The molecule has 1 unspecified atom stereocenters. The second-order valence-corrected chi connectivity index (χ2v) is 7.53. The molecule has 0 saturated carbocycles. The molecular formula is C23H23BrO5. The Labute approximate surface area is 178 Å². The van der Waals surface area contributed by atoms with E-state index in [1.807, 2.05) is 55.5 Å². The number of carbonyl (C=O) groups is 1. The highest BCUT2D eigenvalue weighted by Crippen LogP contribution is 2.39. The van der Waals surface area contributed by atoms with Gasteiger partial charge in [0, 0.05) is 15.4 Å². The van der Waals surface area contributed by atoms with Crippen molar-refractivity contribution in [2.45, 2.75) is 26.6 Å². The molecule has 0 aliphatic carbocycles. The molecule has 0 aliphatic heterocycles. The molecule has 3 aromatic rings. The second-order valence-electron chi connectivity index (χ2n) is 6.61. The summed E-state index contributed by atoms with van der Waals surface area (Å²) in [4.78, 5) is 12.7. The molecule has 0 fully saturated rings. The van der Waals surface area contributed by atoms with Crippen LogP contribution in [0.1, 0.15) is 29.7 Å². The molecule has 0 heterocycles. The van der Waals surface area contributed by atoms with Crippen LogP contribution in [-0.2, 0) is 20.9 Å². The van der Waals surface area contributed by atoms with E-state index in [1.165, 1.54) is 0 Å². The molecule has 0 aromatic heterocycles. The van der Waals surface area contributed by atoms with Crippen molar-refractivity contribution in [1.29, 1.82) is 0 Å². The predicted octanol–water partition coefficient (Wildman–Crippen LogP) is 5.45. The number of methoxy groups -OCH3 is 1. The highest BCUT2D eigenvalue weighted by atomic mass is 79.9. The Morgan fingerprint density at radius 3 is 2.52 bits per heavy atom. The number of aryl methyl sites for hydroxylation is 1. The quantitative estimate of drug-likeness (QED) is 0.477. The highest BCUT2D eigenvalue weighted by molar-refractivity contribution is 9.10. The number of phenolic OH excluding ortho intramolecular Hbond substituents is 1. The zero-order valence-corrected chi connectivity index (χ0v) is 18.2. The third-order valence-electron chi connectivity index (χ3n) is 4.66. The normalized spacial score (nSPS) is 12.0. The van der Waals surface area contributed by atoms with Crippen LogP contribution in [0, 0.1) is 6.92 Å². The average molecular weight is 459 g/mol. The van der Waals surface area contributed by atoms with Gasteiger partial charge in [-0.15, -0.1) is 0 Å². The maximum Gasteiger partial charge on any atom is 0.340 e. The zero-order valence-electron chi connectivity index (χ0n) is 16.6. The summed E-state index contributed by atoms with van der Waals surface area (Å²) in [6.07, 6.45) is -1.04. The third-order valence-corrected chi connectivity index (χ3v) is 5.15. The third kappa shape index (κ3) is 4.71. The Kier molecular flexibility index (Phi) is 6.77. The van der Waals surface area contributed by atoms with Gasteiger partial charge in [0.05, 0.1) is 20.3 Å². The molecule has 1 atom stereocenters. The minimum absolute atomic E-state index is 0.0223. The van der Waals surface area contributed by atoms with Crippen molar-refractivity contribution in [1.82, 2.24) is 0 Å². The van der Waals surface area contributed by atoms with E-state index >= 15 is 0 Å². The van der Waals surface area contributed by atoms with Gasteiger partial charge >= 0.3 is 5.97 Å². The van der Waals surface area contributed by atoms with Gasteiger partial charge in [-0.25, -0.2) is 4.79 Å². The first-order chi connectivity index (χ1) is 13.9. The van der Waals surface area contributed by atoms with E-state index in [0.717, 1.165) is 26.7 Å². The Balaban J connectivity index is 1.98. The lowest BCUT2D eigenvalue weighted by molar-refractivity contribution is -0.158. The van der Waals surface area contributed by atoms with Crippen molar-refractivity contribution < 1.29 is 24.1 Å². The van der Waals surface area contributed by atoms with Crippen molar-refractivity contribution in [3.63, 3.8) is 0 Å². The van der Waals surface area contributed by atoms with Crippen molar-refractivity contribution in [3.8, 4) is 11.5 Å². The molecule has 152 valence electrons. The number of aromatic hydroxyl groups is 1. The van der Waals surface area contributed by atoms with E-state index < -0.39 is 12.1 Å². The van der Waals surface area contributed by atoms with Crippen molar-refractivity contribution in [3.05, 3.63) is 69.7 Å². The molecule has 1 N–H and O–H groups in total.